The van der Waals surface area contributed by atoms with Crippen LogP contribution in [0.15, 0.2) is 24.3 Å². The average Bonchev–Trinajstić information content (AvgIpc) is 2.92. The van der Waals surface area contributed by atoms with Gasteiger partial charge in [-0.2, -0.15) is 0 Å². The van der Waals surface area contributed by atoms with Crippen molar-refractivity contribution in [3.05, 3.63) is 29.8 Å². The number of fused-ring (bicyclic) bond motifs is 2. The molecule has 2 bridgehead atoms. The molecule has 3 N–H and O–H groups in total. The molecule has 1 aromatic rings. The van der Waals surface area contributed by atoms with Gasteiger partial charge in [-0.05, 0) is 43.9 Å². The molecule has 0 saturated carbocycles. The van der Waals surface area contributed by atoms with Gasteiger partial charge in [-0.3, -0.25) is 9.59 Å². The molecule has 3 rings (SSSR count). The van der Waals surface area contributed by atoms with Gasteiger partial charge in [-0.15, -0.1) is 0 Å². The van der Waals surface area contributed by atoms with Gasteiger partial charge in [0.15, 0.2) is 0 Å². The van der Waals surface area contributed by atoms with Crippen molar-refractivity contribution in [3.8, 4) is 5.75 Å². The van der Waals surface area contributed by atoms with Crippen LogP contribution in [0.25, 0.3) is 0 Å². The minimum atomic E-state index is -0.489. The maximum atomic E-state index is 12.4. The SMILES string of the molecule is CN(C(=O)CCOc1cccc(C(N)=O)c1)C1CC2CCC(C1)N2. The number of piperidine rings is 1. The fraction of sp³-hybridized carbons (Fsp3) is 0.556. The van der Waals surface area contributed by atoms with Crippen LogP contribution in [0.1, 0.15) is 42.5 Å². The largest absolute Gasteiger partial charge is 0.493 e. The van der Waals surface area contributed by atoms with Gasteiger partial charge >= 0.3 is 0 Å². The Kier molecular flexibility index (Phi) is 5.04. The lowest BCUT2D eigenvalue weighted by molar-refractivity contribution is -0.133. The van der Waals surface area contributed by atoms with Crippen molar-refractivity contribution in [2.45, 2.75) is 50.2 Å². The van der Waals surface area contributed by atoms with E-state index in [0.717, 1.165) is 12.8 Å². The molecule has 2 saturated heterocycles. The maximum absolute atomic E-state index is 12.4. The van der Waals surface area contributed by atoms with Crippen molar-refractivity contribution in [2.75, 3.05) is 13.7 Å². The van der Waals surface area contributed by atoms with Crippen molar-refractivity contribution in [1.29, 1.82) is 0 Å². The Balaban J connectivity index is 1.47. The van der Waals surface area contributed by atoms with Crippen LogP contribution in [0.5, 0.6) is 5.75 Å². The van der Waals surface area contributed by atoms with E-state index in [1.807, 2.05) is 11.9 Å². The molecule has 2 heterocycles. The van der Waals surface area contributed by atoms with Gasteiger partial charge in [0.05, 0.1) is 13.0 Å². The van der Waals surface area contributed by atoms with Gasteiger partial charge < -0.3 is 20.7 Å². The summed E-state index contributed by atoms with van der Waals surface area (Å²) in [6.45, 7) is 0.295. The van der Waals surface area contributed by atoms with Crippen LogP contribution in [0, 0.1) is 0 Å². The predicted octanol–water partition coefficient (Wildman–Crippen LogP) is 1.30. The van der Waals surface area contributed by atoms with E-state index in [-0.39, 0.29) is 5.91 Å². The van der Waals surface area contributed by atoms with Crippen LogP contribution in [0.3, 0.4) is 0 Å². The number of primary amides is 1. The third-order valence-corrected chi connectivity index (χ3v) is 5.09. The zero-order valence-electron chi connectivity index (χ0n) is 14.0. The van der Waals surface area contributed by atoms with E-state index in [1.54, 1.807) is 24.3 Å². The Hall–Kier alpha value is -2.08. The first-order valence-electron chi connectivity index (χ1n) is 8.57. The first-order valence-corrected chi connectivity index (χ1v) is 8.57. The van der Waals surface area contributed by atoms with Gasteiger partial charge in [0, 0.05) is 30.7 Å². The lowest BCUT2D eigenvalue weighted by Crippen LogP contribution is -2.48. The molecule has 2 atom stereocenters. The van der Waals surface area contributed by atoms with Crippen LogP contribution in [0.4, 0.5) is 0 Å². The highest BCUT2D eigenvalue weighted by Gasteiger charge is 2.36. The summed E-state index contributed by atoms with van der Waals surface area (Å²) in [5, 5.41) is 3.59. The molecule has 2 aliphatic heterocycles. The molecule has 0 radical (unpaired) electrons. The number of nitrogens with two attached hydrogens (primary N) is 1. The molecule has 0 aliphatic carbocycles. The van der Waals surface area contributed by atoms with E-state index in [0.29, 0.717) is 42.5 Å². The number of hydrogen-bond donors (Lipinski definition) is 2. The fourth-order valence-electron chi connectivity index (χ4n) is 3.72. The molecule has 24 heavy (non-hydrogen) atoms. The monoisotopic (exact) mass is 331 g/mol. The minimum absolute atomic E-state index is 0.104. The van der Waals surface area contributed by atoms with Gasteiger partial charge in [0.2, 0.25) is 11.8 Å². The highest BCUT2D eigenvalue weighted by Crippen LogP contribution is 2.29. The molecule has 2 amide bonds. The molecule has 6 heteroatoms. The Bertz CT molecular complexity index is 607. The number of carbonyl (C=O) groups is 2. The van der Waals surface area contributed by atoms with Crippen LogP contribution in [0.2, 0.25) is 0 Å². The second-order valence-corrected chi connectivity index (χ2v) is 6.76. The first-order chi connectivity index (χ1) is 11.5. The summed E-state index contributed by atoms with van der Waals surface area (Å²) in [4.78, 5) is 25.4. The smallest absolute Gasteiger partial charge is 0.248 e. The molecule has 1 aromatic carbocycles. The van der Waals surface area contributed by atoms with E-state index < -0.39 is 5.91 Å². The standard InChI is InChI=1S/C18H25N3O3/c1-21(15-10-13-5-6-14(11-15)20-13)17(22)7-8-24-16-4-2-3-12(9-16)18(19)23/h2-4,9,13-15,20H,5-8,10-11H2,1H3,(H2,19,23). The summed E-state index contributed by atoms with van der Waals surface area (Å²) in [6, 6.07) is 8.17. The molecule has 2 aliphatic rings. The summed E-state index contributed by atoms with van der Waals surface area (Å²) in [5.74, 6) is 0.172. The molecular formula is C18H25N3O3. The fourth-order valence-corrected chi connectivity index (χ4v) is 3.72. The number of rotatable bonds is 6. The van der Waals surface area contributed by atoms with Crippen LogP contribution in [-0.4, -0.2) is 48.5 Å². The number of carbonyl (C=O) groups excluding carboxylic acids is 2. The van der Waals surface area contributed by atoms with Crippen LogP contribution in [-0.2, 0) is 4.79 Å². The van der Waals surface area contributed by atoms with Gasteiger partial charge in [-0.25, -0.2) is 0 Å². The average molecular weight is 331 g/mol. The highest BCUT2D eigenvalue weighted by molar-refractivity contribution is 5.93. The van der Waals surface area contributed by atoms with E-state index in [2.05, 4.69) is 5.32 Å². The Labute approximate surface area is 142 Å². The lowest BCUT2D eigenvalue weighted by atomic mass is 9.98. The molecule has 6 nitrogen and oxygen atoms in total. The quantitative estimate of drug-likeness (QED) is 0.823. The van der Waals surface area contributed by atoms with Gasteiger partial charge in [-0.1, -0.05) is 6.07 Å². The molecule has 0 aromatic heterocycles. The van der Waals surface area contributed by atoms with Crippen molar-refractivity contribution >= 4 is 11.8 Å². The van der Waals surface area contributed by atoms with Crippen LogP contribution < -0.4 is 15.8 Å². The highest BCUT2D eigenvalue weighted by atomic mass is 16.5. The van der Waals surface area contributed by atoms with Gasteiger partial charge in [0.25, 0.3) is 0 Å². The van der Waals surface area contributed by atoms with Crippen LogP contribution >= 0.6 is 0 Å². The third-order valence-electron chi connectivity index (χ3n) is 5.09. The van der Waals surface area contributed by atoms with E-state index >= 15 is 0 Å². The van der Waals surface area contributed by atoms with E-state index in [9.17, 15) is 9.59 Å². The number of hydrogen-bond acceptors (Lipinski definition) is 4. The summed E-state index contributed by atoms with van der Waals surface area (Å²) >= 11 is 0. The third kappa shape index (κ3) is 3.87. The van der Waals surface area contributed by atoms with Gasteiger partial charge in [0.1, 0.15) is 5.75 Å². The molecule has 2 unspecified atom stereocenters. The van der Waals surface area contributed by atoms with E-state index in [1.165, 1.54) is 12.8 Å². The molecular weight excluding hydrogens is 306 g/mol. The zero-order chi connectivity index (χ0) is 17.1. The lowest BCUT2D eigenvalue weighted by Gasteiger charge is -2.35. The van der Waals surface area contributed by atoms with E-state index in [4.69, 9.17) is 10.5 Å². The topological polar surface area (TPSA) is 84.7 Å². The van der Waals surface area contributed by atoms with Crippen molar-refractivity contribution < 1.29 is 14.3 Å². The Morgan fingerprint density at radius 1 is 1.29 bits per heavy atom. The van der Waals surface area contributed by atoms with Crippen molar-refractivity contribution in [1.82, 2.24) is 10.2 Å². The number of ether oxygens (including phenoxy) is 1. The first kappa shape index (κ1) is 16.8. The number of amides is 2. The zero-order valence-corrected chi connectivity index (χ0v) is 14.0. The Morgan fingerprint density at radius 3 is 2.67 bits per heavy atom. The molecule has 0 spiro atoms. The molecule has 130 valence electrons. The maximum Gasteiger partial charge on any atom is 0.248 e. The normalized spacial score (nSPS) is 25.3. The Morgan fingerprint density at radius 2 is 2.00 bits per heavy atom. The summed E-state index contributed by atoms with van der Waals surface area (Å²) in [5.41, 5.74) is 5.65. The number of nitrogens with one attached hydrogen (secondary N) is 1. The predicted molar refractivity (Wildman–Crippen MR) is 90.8 cm³/mol. The summed E-state index contributed by atoms with van der Waals surface area (Å²) < 4.78 is 5.59. The van der Waals surface area contributed by atoms with Crippen molar-refractivity contribution in [2.24, 2.45) is 5.73 Å². The second kappa shape index (κ2) is 7.21. The number of nitrogens with zero attached hydrogens (tertiary/aromatic N) is 1. The second-order valence-electron chi connectivity index (χ2n) is 6.76. The minimum Gasteiger partial charge on any atom is -0.493 e. The van der Waals surface area contributed by atoms with Crippen molar-refractivity contribution in [3.63, 3.8) is 0 Å². The molecule has 2 fully saturated rings. The summed E-state index contributed by atoms with van der Waals surface area (Å²) in [7, 11) is 1.89. The number of benzene rings is 1. The summed E-state index contributed by atoms with van der Waals surface area (Å²) in [6.07, 6.45) is 4.86.